The van der Waals surface area contributed by atoms with Gasteiger partial charge in [0.25, 0.3) is 0 Å². The van der Waals surface area contributed by atoms with Gasteiger partial charge in [0.1, 0.15) is 5.88 Å². The van der Waals surface area contributed by atoms with Crippen LogP contribution in [0, 0.1) is 0 Å². The number of nitrogens with one attached hydrogen (secondary N) is 1. The van der Waals surface area contributed by atoms with Gasteiger partial charge in [-0.05, 0) is 18.1 Å². The SMILES string of the molecule is O=C(CCl)NCCS(=O)(=O)N1CCc2ccccc21. The van der Waals surface area contributed by atoms with Crippen LogP contribution in [0.5, 0.6) is 0 Å². The number of amides is 1. The molecule has 1 heterocycles. The van der Waals surface area contributed by atoms with Gasteiger partial charge in [0, 0.05) is 13.1 Å². The topological polar surface area (TPSA) is 66.5 Å². The van der Waals surface area contributed by atoms with Crippen molar-refractivity contribution < 1.29 is 13.2 Å². The fraction of sp³-hybridized carbons (Fsp3) is 0.417. The maximum atomic E-state index is 12.2. The van der Waals surface area contributed by atoms with Gasteiger partial charge in [-0.2, -0.15) is 0 Å². The minimum atomic E-state index is -3.40. The number of anilines is 1. The summed E-state index contributed by atoms with van der Waals surface area (Å²) in [5, 5.41) is 2.46. The summed E-state index contributed by atoms with van der Waals surface area (Å²) in [5.74, 6) is -0.644. The van der Waals surface area contributed by atoms with Gasteiger partial charge in [0.15, 0.2) is 0 Å². The molecule has 0 radical (unpaired) electrons. The third kappa shape index (κ3) is 3.19. The molecule has 0 fully saturated rings. The highest BCUT2D eigenvalue weighted by Crippen LogP contribution is 2.29. The largest absolute Gasteiger partial charge is 0.354 e. The molecule has 0 spiro atoms. The van der Waals surface area contributed by atoms with Gasteiger partial charge in [-0.25, -0.2) is 8.42 Å². The molecule has 19 heavy (non-hydrogen) atoms. The molecule has 0 saturated heterocycles. The second kappa shape index (κ2) is 5.79. The van der Waals surface area contributed by atoms with Crippen molar-refractivity contribution in [1.29, 1.82) is 0 Å². The number of hydrogen-bond donors (Lipinski definition) is 1. The van der Waals surface area contributed by atoms with Crippen molar-refractivity contribution in [3.63, 3.8) is 0 Å². The molecule has 0 aromatic heterocycles. The third-order valence-electron chi connectivity index (χ3n) is 2.98. The number of para-hydroxylation sites is 1. The minimum Gasteiger partial charge on any atom is -0.354 e. The van der Waals surface area contributed by atoms with E-state index >= 15 is 0 Å². The summed E-state index contributed by atoms with van der Waals surface area (Å²) in [7, 11) is -3.40. The number of sulfonamides is 1. The zero-order valence-electron chi connectivity index (χ0n) is 10.3. The van der Waals surface area contributed by atoms with E-state index in [1.54, 1.807) is 6.07 Å². The van der Waals surface area contributed by atoms with E-state index in [1.807, 2.05) is 18.2 Å². The fourth-order valence-electron chi connectivity index (χ4n) is 2.07. The lowest BCUT2D eigenvalue weighted by atomic mass is 10.2. The number of rotatable bonds is 5. The molecule has 1 N–H and O–H groups in total. The molecule has 5 nitrogen and oxygen atoms in total. The zero-order valence-corrected chi connectivity index (χ0v) is 11.9. The van der Waals surface area contributed by atoms with E-state index in [-0.39, 0.29) is 24.1 Å². The molecule has 0 bridgehead atoms. The van der Waals surface area contributed by atoms with E-state index in [9.17, 15) is 13.2 Å². The van der Waals surface area contributed by atoms with E-state index in [2.05, 4.69) is 5.32 Å². The fourth-order valence-corrected chi connectivity index (χ4v) is 3.60. The molecule has 2 rings (SSSR count). The number of benzene rings is 1. The average Bonchev–Trinajstić information content (AvgIpc) is 2.82. The number of carbonyl (C=O) groups excluding carboxylic acids is 1. The van der Waals surface area contributed by atoms with E-state index in [0.717, 1.165) is 17.7 Å². The van der Waals surface area contributed by atoms with E-state index in [0.29, 0.717) is 6.54 Å². The summed E-state index contributed by atoms with van der Waals surface area (Å²) in [6.07, 6.45) is 0.726. The van der Waals surface area contributed by atoms with Crippen molar-refractivity contribution in [2.75, 3.05) is 29.0 Å². The van der Waals surface area contributed by atoms with Gasteiger partial charge >= 0.3 is 0 Å². The second-order valence-corrected chi connectivity index (χ2v) is 6.53. The standard InChI is InChI=1S/C12H15ClN2O3S/c13-9-12(16)14-6-8-19(17,18)15-7-5-10-3-1-2-4-11(10)15/h1-4H,5-9H2,(H,14,16). The first-order valence-electron chi connectivity index (χ1n) is 5.95. The zero-order chi connectivity index (χ0) is 13.9. The van der Waals surface area contributed by atoms with Gasteiger partial charge in [0.2, 0.25) is 15.9 Å². The van der Waals surface area contributed by atoms with Crippen LogP contribution in [0.15, 0.2) is 24.3 Å². The van der Waals surface area contributed by atoms with Gasteiger partial charge in [0.05, 0.1) is 11.4 Å². The van der Waals surface area contributed by atoms with Crippen LogP contribution in [0.4, 0.5) is 5.69 Å². The van der Waals surface area contributed by atoms with Crippen molar-refractivity contribution in [2.24, 2.45) is 0 Å². The number of fused-ring (bicyclic) bond motifs is 1. The Morgan fingerprint density at radius 2 is 2.11 bits per heavy atom. The molecular weight excluding hydrogens is 288 g/mol. The Labute approximate surface area is 117 Å². The highest BCUT2D eigenvalue weighted by Gasteiger charge is 2.28. The molecule has 1 aliphatic heterocycles. The Balaban J connectivity index is 2.04. The summed E-state index contributed by atoms with van der Waals surface area (Å²) in [6.45, 7) is 0.539. The van der Waals surface area contributed by atoms with Crippen LogP contribution < -0.4 is 9.62 Å². The number of hydrogen-bond acceptors (Lipinski definition) is 3. The van der Waals surface area contributed by atoms with Gasteiger partial charge in [-0.1, -0.05) is 18.2 Å². The highest BCUT2D eigenvalue weighted by atomic mass is 35.5. The van der Waals surface area contributed by atoms with Crippen molar-refractivity contribution in [1.82, 2.24) is 5.32 Å². The minimum absolute atomic E-state index is 0.0759. The maximum Gasteiger partial charge on any atom is 0.236 e. The summed E-state index contributed by atoms with van der Waals surface area (Å²) < 4.78 is 25.8. The normalized spacial score (nSPS) is 14.3. The van der Waals surface area contributed by atoms with Crippen molar-refractivity contribution >= 4 is 33.2 Å². The molecule has 1 aliphatic rings. The monoisotopic (exact) mass is 302 g/mol. The summed E-state index contributed by atoms with van der Waals surface area (Å²) in [6, 6.07) is 7.45. The van der Waals surface area contributed by atoms with Crippen LogP contribution in [0.1, 0.15) is 5.56 Å². The lowest BCUT2D eigenvalue weighted by Crippen LogP contribution is -2.37. The summed E-state index contributed by atoms with van der Waals surface area (Å²) in [5.41, 5.74) is 1.78. The molecule has 104 valence electrons. The predicted molar refractivity (Wildman–Crippen MR) is 75.0 cm³/mol. The Hall–Kier alpha value is -1.27. The Kier molecular flexibility index (Phi) is 4.31. The smallest absolute Gasteiger partial charge is 0.236 e. The molecular formula is C12H15ClN2O3S. The first-order valence-corrected chi connectivity index (χ1v) is 8.10. The Bertz CT molecular complexity index is 574. The van der Waals surface area contributed by atoms with Crippen molar-refractivity contribution in [2.45, 2.75) is 6.42 Å². The first kappa shape index (κ1) is 14.1. The lowest BCUT2D eigenvalue weighted by Gasteiger charge is -2.19. The van der Waals surface area contributed by atoms with E-state index in [1.165, 1.54) is 4.31 Å². The van der Waals surface area contributed by atoms with Crippen LogP contribution >= 0.6 is 11.6 Å². The third-order valence-corrected chi connectivity index (χ3v) is 5.00. The summed E-state index contributed by atoms with van der Waals surface area (Å²) in [4.78, 5) is 11.0. The molecule has 0 unspecified atom stereocenters. The number of carbonyl (C=O) groups is 1. The predicted octanol–water partition coefficient (Wildman–Crippen LogP) is 0.734. The Morgan fingerprint density at radius 1 is 1.37 bits per heavy atom. The van der Waals surface area contributed by atoms with E-state index in [4.69, 9.17) is 11.6 Å². The van der Waals surface area contributed by atoms with Crippen molar-refractivity contribution in [3.8, 4) is 0 Å². The molecule has 0 saturated carbocycles. The quantitative estimate of drug-likeness (QED) is 0.816. The Morgan fingerprint density at radius 3 is 2.84 bits per heavy atom. The van der Waals surface area contributed by atoms with Crippen LogP contribution in [0.2, 0.25) is 0 Å². The van der Waals surface area contributed by atoms with Crippen LogP contribution in [0.3, 0.4) is 0 Å². The molecule has 7 heteroatoms. The summed E-state index contributed by atoms with van der Waals surface area (Å²) >= 11 is 5.32. The molecule has 1 aromatic rings. The van der Waals surface area contributed by atoms with Crippen LogP contribution in [0.25, 0.3) is 0 Å². The van der Waals surface area contributed by atoms with E-state index < -0.39 is 10.0 Å². The molecule has 0 aliphatic carbocycles. The van der Waals surface area contributed by atoms with Gasteiger partial charge in [-0.15, -0.1) is 11.6 Å². The van der Waals surface area contributed by atoms with Crippen LogP contribution in [-0.4, -0.2) is 39.0 Å². The first-order chi connectivity index (χ1) is 9.04. The molecule has 1 aromatic carbocycles. The van der Waals surface area contributed by atoms with Gasteiger partial charge < -0.3 is 5.32 Å². The lowest BCUT2D eigenvalue weighted by molar-refractivity contribution is -0.118. The van der Waals surface area contributed by atoms with Crippen molar-refractivity contribution in [3.05, 3.63) is 29.8 Å². The second-order valence-electron chi connectivity index (χ2n) is 4.25. The average molecular weight is 303 g/mol. The highest BCUT2D eigenvalue weighted by molar-refractivity contribution is 7.92. The number of nitrogens with zero attached hydrogens (tertiary/aromatic N) is 1. The number of halogens is 1. The van der Waals surface area contributed by atoms with Crippen LogP contribution in [-0.2, 0) is 21.2 Å². The van der Waals surface area contributed by atoms with Gasteiger partial charge in [-0.3, -0.25) is 9.10 Å². The maximum absolute atomic E-state index is 12.2. The molecule has 0 atom stereocenters. The number of alkyl halides is 1. The molecule has 1 amide bonds.